The van der Waals surface area contributed by atoms with Crippen LogP contribution in [0.5, 0.6) is 11.5 Å². The summed E-state index contributed by atoms with van der Waals surface area (Å²) in [4.78, 5) is 17.8. The number of nitrogens with zero attached hydrogens (tertiary/aromatic N) is 2. The maximum atomic E-state index is 12.8. The predicted octanol–water partition coefficient (Wildman–Crippen LogP) is 6.32. The third kappa shape index (κ3) is 5.70. The van der Waals surface area contributed by atoms with Crippen molar-refractivity contribution in [2.75, 3.05) is 13.7 Å². The Labute approximate surface area is 222 Å². The molecule has 1 N–H and O–H groups in total. The van der Waals surface area contributed by atoms with E-state index < -0.39 is 0 Å². The van der Waals surface area contributed by atoms with Crippen LogP contribution in [0.1, 0.15) is 24.6 Å². The number of hydrogen-bond acceptors (Lipinski definition) is 4. The first-order valence-electron chi connectivity index (χ1n) is 12.8. The van der Waals surface area contributed by atoms with E-state index in [2.05, 4.69) is 28.0 Å². The van der Waals surface area contributed by atoms with Gasteiger partial charge < -0.3 is 19.2 Å². The summed E-state index contributed by atoms with van der Waals surface area (Å²) in [5, 5.41) is 3.04. The number of aromatic nitrogens is 2. The maximum absolute atomic E-state index is 12.8. The van der Waals surface area contributed by atoms with Crippen molar-refractivity contribution in [3.63, 3.8) is 0 Å². The Hall–Kier alpha value is -4.58. The van der Waals surface area contributed by atoms with E-state index in [0.29, 0.717) is 26.0 Å². The van der Waals surface area contributed by atoms with Crippen LogP contribution < -0.4 is 14.8 Å². The highest BCUT2D eigenvalue weighted by atomic mass is 16.5. The number of benzene rings is 3. The topological polar surface area (TPSA) is 64.9 Å². The van der Waals surface area contributed by atoms with Crippen molar-refractivity contribution in [3.8, 4) is 33.9 Å². The van der Waals surface area contributed by atoms with E-state index in [-0.39, 0.29) is 5.91 Å². The molecule has 0 saturated heterocycles. The minimum absolute atomic E-state index is 0.00468. The fraction of sp³-hybridized carbons (Fsp3) is 0.188. The molecule has 0 fully saturated rings. The molecule has 2 aromatic heterocycles. The molecule has 2 heterocycles. The van der Waals surface area contributed by atoms with Gasteiger partial charge in [-0.15, -0.1) is 0 Å². The maximum Gasteiger partial charge on any atom is 0.220 e. The summed E-state index contributed by atoms with van der Waals surface area (Å²) in [6, 6.07) is 30.0. The number of rotatable bonds is 10. The molecule has 0 aliphatic heterocycles. The van der Waals surface area contributed by atoms with Crippen LogP contribution >= 0.6 is 0 Å². The Morgan fingerprint density at radius 2 is 1.66 bits per heavy atom. The second-order valence-electron chi connectivity index (χ2n) is 9.00. The van der Waals surface area contributed by atoms with Gasteiger partial charge >= 0.3 is 0 Å². The quantitative estimate of drug-likeness (QED) is 0.241. The molecule has 6 heteroatoms. The minimum Gasteiger partial charge on any atom is -0.497 e. The van der Waals surface area contributed by atoms with Gasteiger partial charge in [0.25, 0.3) is 0 Å². The number of carbonyl (C=O) groups is 1. The molecule has 0 saturated carbocycles. The summed E-state index contributed by atoms with van der Waals surface area (Å²) in [5.74, 6) is 1.63. The number of ether oxygens (including phenoxy) is 2. The van der Waals surface area contributed by atoms with E-state index in [1.165, 1.54) is 0 Å². The van der Waals surface area contributed by atoms with Crippen molar-refractivity contribution in [1.82, 2.24) is 14.7 Å². The molecule has 6 nitrogen and oxygen atoms in total. The first-order valence-corrected chi connectivity index (χ1v) is 12.8. The molecule has 5 aromatic rings. The van der Waals surface area contributed by atoms with Crippen LogP contribution in [-0.4, -0.2) is 29.0 Å². The Morgan fingerprint density at radius 3 is 2.42 bits per heavy atom. The van der Waals surface area contributed by atoms with Gasteiger partial charge in [0.1, 0.15) is 17.1 Å². The average Bonchev–Trinajstić information content (AvgIpc) is 3.33. The number of nitrogens with one attached hydrogen (secondary N) is 1. The van der Waals surface area contributed by atoms with Gasteiger partial charge in [-0.1, -0.05) is 42.5 Å². The lowest BCUT2D eigenvalue weighted by Gasteiger charge is -2.10. The molecule has 0 atom stereocenters. The summed E-state index contributed by atoms with van der Waals surface area (Å²) in [5.41, 5.74) is 6.85. The van der Waals surface area contributed by atoms with Crippen LogP contribution in [0.4, 0.5) is 0 Å². The van der Waals surface area contributed by atoms with Crippen molar-refractivity contribution in [1.29, 1.82) is 0 Å². The number of carbonyl (C=O) groups excluding carboxylic acids is 1. The first-order chi connectivity index (χ1) is 18.6. The number of methoxy groups -OCH3 is 1. The zero-order valence-corrected chi connectivity index (χ0v) is 21.7. The first kappa shape index (κ1) is 25.1. The predicted molar refractivity (Wildman–Crippen MR) is 150 cm³/mol. The molecule has 38 heavy (non-hydrogen) atoms. The summed E-state index contributed by atoms with van der Waals surface area (Å²) >= 11 is 0. The number of hydrogen-bond donors (Lipinski definition) is 1. The smallest absolute Gasteiger partial charge is 0.220 e. The third-order valence-electron chi connectivity index (χ3n) is 6.48. The largest absolute Gasteiger partial charge is 0.497 e. The Morgan fingerprint density at radius 1 is 0.868 bits per heavy atom. The molecule has 0 radical (unpaired) electrons. The monoisotopic (exact) mass is 505 g/mol. The lowest BCUT2D eigenvalue weighted by Crippen LogP contribution is -2.23. The second-order valence-corrected chi connectivity index (χ2v) is 9.00. The van der Waals surface area contributed by atoms with Crippen molar-refractivity contribution < 1.29 is 14.3 Å². The normalized spacial score (nSPS) is 10.9. The van der Waals surface area contributed by atoms with E-state index in [4.69, 9.17) is 14.5 Å². The number of imidazole rings is 1. The van der Waals surface area contributed by atoms with Gasteiger partial charge in [-0.05, 0) is 78.6 Å². The van der Waals surface area contributed by atoms with E-state index >= 15 is 0 Å². The molecule has 3 aromatic carbocycles. The standard InChI is InChI=1S/C32H31N3O3/c1-3-38-28-11-7-10-25(20-28)26-14-18-30-34-32(24-12-15-27(37-2)16-13-24)29(35(30)22-26)17-19-31(36)33-21-23-8-5-4-6-9-23/h4-16,18,20,22H,3,17,19,21H2,1-2H3,(H,33,36). The number of aryl methyl sites for hydroxylation is 1. The van der Waals surface area contributed by atoms with Gasteiger partial charge in [0.2, 0.25) is 5.91 Å². The lowest BCUT2D eigenvalue weighted by molar-refractivity contribution is -0.121. The van der Waals surface area contributed by atoms with E-state index in [1.807, 2.05) is 85.8 Å². The van der Waals surface area contributed by atoms with Crippen LogP contribution in [0.3, 0.4) is 0 Å². The zero-order valence-electron chi connectivity index (χ0n) is 21.7. The number of pyridine rings is 1. The summed E-state index contributed by atoms with van der Waals surface area (Å²) in [6.45, 7) is 3.11. The van der Waals surface area contributed by atoms with Crippen LogP contribution in [0.25, 0.3) is 28.0 Å². The van der Waals surface area contributed by atoms with Gasteiger partial charge in [-0.3, -0.25) is 4.79 Å². The van der Waals surface area contributed by atoms with E-state index in [9.17, 15) is 4.79 Å². The molecule has 0 aliphatic rings. The fourth-order valence-corrected chi connectivity index (χ4v) is 4.53. The Kier molecular flexibility index (Phi) is 7.69. The fourth-order valence-electron chi connectivity index (χ4n) is 4.53. The van der Waals surface area contributed by atoms with Crippen molar-refractivity contribution in [2.45, 2.75) is 26.3 Å². The molecular formula is C32H31N3O3. The van der Waals surface area contributed by atoms with Crippen molar-refractivity contribution >= 4 is 11.6 Å². The molecule has 0 aliphatic carbocycles. The van der Waals surface area contributed by atoms with Crippen LogP contribution in [0.15, 0.2) is 97.2 Å². The van der Waals surface area contributed by atoms with Gasteiger partial charge in [-0.2, -0.15) is 0 Å². The van der Waals surface area contributed by atoms with Crippen LogP contribution in [-0.2, 0) is 17.8 Å². The number of amides is 1. The highest BCUT2D eigenvalue weighted by molar-refractivity contribution is 5.77. The van der Waals surface area contributed by atoms with E-state index in [1.54, 1.807) is 7.11 Å². The highest BCUT2D eigenvalue weighted by Gasteiger charge is 2.17. The van der Waals surface area contributed by atoms with Gasteiger partial charge in [-0.25, -0.2) is 4.98 Å². The lowest BCUT2D eigenvalue weighted by atomic mass is 10.1. The zero-order chi connectivity index (χ0) is 26.3. The molecule has 192 valence electrons. The molecule has 0 bridgehead atoms. The van der Waals surface area contributed by atoms with Gasteiger partial charge in [0, 0.05) is 24.7 Å². The second kappa shape index (κ2) is 11.6. The molecule has 5 rings (SSSR count). The van der Waals surface area contributed by atoms with Gasteiger partial charge in [0.15, 0.2) is 0 Å². The summed E-state index contributed by atoms with van der Waals surface area (Å²) in [7, 11) is 1.65. The Balaban J connectivity index is 1.47. The Bertz CT molecular complexity index is 1530. The molecule has 0 unspecified atom stereocenters. The SMILES string of the molecule is CCOc1cccc(-c2ccc3nc(-c4ccc(OC)cc4)c(CCC(=O)NCc4ccccc4)n3c2)c1. The molecule has 1 amide bonds. The molecular weight excluding hydrogens is 474 g/mol. The van der Waals surface area contributed by atoms with Crippen molar-refractivity contribution in [2.24, 2.45) is 0 Å². The van der Waals surface area contributed by atoms with Crippen molar-refractivity contribution in [3.05, 3.63) is 108 Å². The van der Waals surface area contributed by atoms with E-state index in [0.717, 1.165) is 50.8 Å². The summed E-state index contributed by atoms with van der Waals surface area (Å²) in [6.07, 6.45) is 3.00. The van der Waals surface area contributed by atoms with Crippen LogP contribution in [0, 0.1) is 0 Å². The average molecular weight is 506 g/mol. The third-order valence-corrected chi connectivity index (χ3v) is 6.48. The highest BCUT2D eigenvalue weighted by Crippen LogP contribution is 2.30. The summed E-state index contributed by atoms with van der Waals surface area (Å²) < 4.78 is 13.1. The molecule has 0 spiro atoms. The minimum atomic E-state index is 0.00468. The number of fused-ring (bicyclic) bond motifs is 1. The van der Waals surface area contributed by atoms with Crippen LogP contribution in [0.2, 0.25) is 0 Å². The van der Waals surface area contributed by atoms with Gasteiger partial charge in [0.05, 0.1) is 25.1 Å².